The third kappa shape index (κ3) is 7.16. The molecular weight excluding hydrogens is 953 g/mol. The summed E-state index contributed by atoms with van der Waals surface area (Å²) in [6, 6.07) is 0. The van der Waals surface area contributed by atoms with Gasteiger partial charge in [-0.2, -0.15) is 0 Å². The van der Waals surface area contributed by atoms with E-state index in [0.29, 0.717) is 5.56 Å². The van der Waals surface area contributed by atoms with Crippen LogP contribution in [0.5, 0.6) is 0 Å². The summed E-state index contributed by atoms with van der Waals surface area (Å²) >= 11 is 21.7. The van der Waals surface area contributed by atoms with Gasteiger partial charge in [0.25, 0.3) is 0 Å². The highest BCUT2D eigenvalue weighted by Gasteiger charge is 2.53. The van der Waals surface area contributed by atoms with Crippen LogP contribution in [0.25, 0.3) is 0 Å². The Morgan fingerprint density at radius 1 is 0.345 bits per heavy atom. The zero-order valence-electron chi connectivity index (χ0n) is 34.6. The Labute approximate surface area is 393 Å². The van der Waals surface area contributed by atoms with Crippen LogP contribution in [0.1, 0.15) is 151 Å². The number of thioether (sulfide) groups is 12. The van der Waals surface area contributed by atoms with Gasteiger partial charge in [-0.15, -0.1) is 141 Å². The van der Waals surface area contributed by atoms with Crippen LogP contribution in [-0.2, 0) is 0 Å². The second kappa shape index (κ2) is 14.1. The van der Waals surface area contributed by atoms with E-state index >= 15 is 0 Å². The standard InChI is InChI=1S/C42H44O4S12/c1-15(43)17-24-28(51-37(3,4)47-24)20(29-25(17)48-38(5,6)52-29)19(21-30-26(49-39(7,8)53-30)18(16(2)44)27-31(21)54-40(9,10)50-27)22-32-34(57-41(11,12)55-32)23(36(45)46)35-33(22)56-42(13,14)58-35/h19H,1-14H3,(H,45,46). The van der Waals surface area contributed by atoms with Gasteiger partial charge in [0.2, 0.25) is 0 Å². The SMILES string of the molecule is CC(=O)c1c2c(c(C(c3c4c(c(C(C)=O)c5c3SC(C)(C)S5)SC(C)(C)S4)c3c4c(c(C(=O)O)c5c3SC(C)(C)S5)SC(C)(C)S4)c3c1SC(C)(C)S3)SC(C)(C)S2. The van der Waals surface area contributed by atoms with Gasteiger partial charge in [-0.3, -0.25) is 9.59 Å². The Morgan fingerprint density at radius 2 is 0.517 bits per heavy atom. The minimum atomic E-state index is -0.878. The van der Waals surface area contributed by atoms with Crippen LogP contribution in [0.3, 0.4) is 0 Å². The summed E-state index contributed by atoms with van der Waals surface area (Å²) in [5.74, 6) is -0.999. The molecule has 0 spiro atoms. The van der Waals surface area contributed by atoms with Crippen LogP contribution in [-0.4, -0.2) is 47.1 Å². The Bertz CT molecular complexity index is 2070. The van der Waals surface area contributed by atoms with Crippen molar-refractivity contribution in [2.24, 2.45) is 0 Å². The summed E-state index contributed by atoms with van der Waals surface area (Å²) < 4.78 is -1.47. The van der Waals surface area contributed by atoms with Crippen molar-refractivity contribution in [3.63, 3.8) is 0 Å². The molecule has 4 nitrogen and oxygen atoms in total. The molecule has 0 radical (unpaired) electrons. The molecule has 6 heterocycles. The number of hydrogen-bond donors (Lipinski definition) is 1. The van der Waals surface area contributed by atoms with Crippen LogP contribution < -0.4 is 0 Å². The quantitative estimate of drug-likeness (QED) is 0.188. The van der Waals surface area contributed by atoms with E-state index in [4.69, 9.17) is 0 Å². The molecule has 9 rings (SSSR count). The highest BCUT2D eigenvalue weighted by Crippen LogP contribution is 2.74. The van der Waals surface area contributed by atoms with Crippen LogP contribution >= 0.6 is 141 Å². The lowest BCUT2D eigenvalue weighted by atomic mass is 9.83. The van der Waals surface area contributed by atoms with E-state index in [1.165, 1.54) is 36.3 Å². The fourth-order valence-corrected chi connectivity index (χ4v) is 26.5. The smallest absolute Gasteiger partial charge is 0.338 e. The summed E-state index contributed by atoms with van der Waals surface area (Å²) in [6.45, 7) is 30.4. The van der Waals surface area contributed by atoms with E-state index in [9.17, 15) is 19.5 Å². The molecule has 0 atom stereocenters. The zero-order chi connectivity index (χ0) is 42.2. The van der Waals surface area contributed by atoms with Crippen molar-refractivity contribution in [2.45, 2.75) is 186 Å². The van der Waals surface area contributed by atoms with Crippen LogP contribution in [0.4, 0.5) is 0 Å². The monoisotopic (exact) mass is 996 g/mol. The van der Waals surface area contributed by atoms with Gasteiger partial charge in [-0.05, 0) is 114 Å². The van der Waals surface area contributed by atoms with Crippen molar-refractivity contribution in [3.05, 3.63) is 33.4 Å². The van der Waals surface area contributed by atoms with E-state index < -0.39 is 5.97 Å². The van der Waals surface area contributed by atoms with Gasteiger partial charge in [0.15, 0.2) is 11.6 Å². The first-order chi connectivity index (χ1) is 26.6. The molecule has 308 valence electrons. The maximum absolute atomic E-state index is 14.0. The molecule has 16 heteroatoms. The molecule has 0 fully saturated rings. The van der Waals surface area contributed by atoms with Crippen molar-refractivity contribution in [3.8, 4) is 0 Å². The molecular formula is C42H44O4S12. The highest BCUT2D eigenvalue weighted by atomic mass is 32.2. The molecule has 0 bridgehead atoms. The molecule has 0 aromatic heterocycles. The van der Waals surface area contributed by atoms with Crippen molar-refractivity contribution in [2.75, 3.05) is 0 Å². The number of carboxylic acids is 1. The summed E-state index contributed by atoms with van der Waals surface area (Å²) in [5, 5.41) is 11.1. The van der Waals surface area contributed by atoms with Crippen LogP contribution in [0, 0.1) is 0 Å². The van der Waals surface area contributed by atoms with E-state index in [1.807, 2.05) is 94.1 Å². The maximum Gasteiger partial charge on any atom is 0.338 e. The number of ketones is 2. The number of rotatable bonds is 6. The number of hydrogen-bond acceptors (Lipinski definition) is 15. The molecule has 3 aromatic carbocycles. The molecule has 0 saturated heterocycles. The molecule has 0 saturated carbocycles. The molecule has 0 amide bonds. The minimum Gasteiger partial charge on any atom is -0.478 e. The Hall–Kier alpha value is 0.670. The Kier molecular flexibility index (Phi) is 10.7. The van der Waals surface area contributed by atoms with Gasteiger partial charge in [-0.1, -0.05) is 0 Å². The zero-order valence-corrected chi connectivity index (χ0v) is 44.4. The Balaban J connectivity index is 1.53. The van der Waals surface area contributed by atoms with Gasteiger partial charge in [0.05, 0.1) is 30.0 Å². The number of carboxylic acid groups (broad SMARTS) is 1. The average molecular weight is 998 g/mol. The van der Waals surface area contributed by atoms with Crippen molar-refractivity contribution in [1.82, 2.24) is 0 Å². The maximum atomic E-state index is 14.0. The number of fused-ring (bicyclic) bond motifs is 6. The van der Waals surface area contributed by atoms with Crippen LogP contribution in [0.2, 0.25) is 0 Å². The summed E-state index contributed by atoms with van der Waals surface area (Å²) in [7, 11) is 0. The average Bonchev–Trinajstić information content (AvgIpc) is 3.84. The normalized spacial score (nSPS) is 22.7. The number of aromatic carboxylic acids is 1. The topological polar surface area (TPSA) is 71.4 Å². The minimum absolute atomic E-state index is 0.0946. The largest absolute Gasteiger partial charge is 0.478 e. The van der Waals surface area contributed by atoms with Crippen molar-refractivity contribution < 1.29 is 19.5 Å². The second-order valence-electron chi connectivity index (χ2n) is 17.8. The second-order valence-corrected chi connectivity index (χ2v) is 38.9. The van der Waals surface area contributed by atoms with Gasteiger partial charge < -0.3 is 5.11 Å². The number of carbonyl (C=O) groups excluding carboxylic acids is 2. The van der Waals surface area contributed by atoms with Crippen LogP contribution in [0.15, 0.2) is 58.7 Å². The van der Waals surface area contributed by atoms with E-state index in [-0.39, 0.29) is 42.0 Å². The number of Topliss-reactive ketones (excluding diaryl/α,β-unsaturated/α-hetero) is 2. The summed E-state index contributed by atoms with van der Waals surface area (Å²) in [6.07, 6.45) is 0. The molecule has 3 aromatic rings. The first-order valence-corrected chi connectivity index (χ1v) is 28.6. The van der Waals surface area contributed by atoms with Crippen molar-refractivity contribution in [1.29, 1.82) is 0 Å². The van der Waals surface area contributed by atoms with Gasteiger partial charge >= 0.3 is 5.97 Å². The predicted molar refractivity (Wildman–Crippen MR) is 262 cm³/mol. The molecule has 58 heavy (non-hydrogen) atoms. The molecule has 1 N–H and O–H groups in total. The van der Waals surface area contributed by atoms with Crippen molar-refractivity contribution >= 4 is 159 Å². The number of benzene rings is 3. The van der Waals surface area contributed by atoms with E-state index in [0.717, 1.165) is 50.3 Å². The third-order valence-electron chi connectivity index (χ3n) is 10.0. The highest BCUT2D eigenvalue weighted by molar-refractivity contribution is 8.23. The molecule has 0 unspecified atom stereocenters. The van der Waals surface area contributed by atoms with Gasteiger partial charge in [0.1, 0.15) is 0 Å². The molecule has 0 aliphatic carbocycles. The fourth-order valence-electron chi connectivity index (χ4n) is 8.35. The van der Waals surface area contributed by atoms with E-state index in [1.54, 1.807) is 60.9 Å². The molecule has 6 aliphatic heterocycles. The Morgan fingerprint density at radius 3 is 0.690 bits per heavy atom. The molecule has 6 aliphatic rings. The first kappa shape index (κ1) is 43.9. The fraction of sp³-hybridized carbons (Fsp3) is 0.500. The predicted octanol–water partition coefficient (Wildman–Crippen LogP) is 16.6. The lowest BCUT2D eigenvalue weighted by Crippen LogP contribution is -2.16. The lowest BCUT2D eigenvalue weighted by molar-refractivity contribution is 0.0687. The van der Waals surface area contributed by atoms with Gasteiger partial charge in [0, 0.05) is 75.8 Å². The third-order valence-corrected chi connectivity index (χ3v) is 27.1. The summed E-state index contributed by atoms with van der Waals surface area (Å²) in [5.41, 5.74) is 5.78. The summed E-state index contributed by atoms with van der Waals surface area (Å²) in [4.78, 5) is 54.3. The number of carbonyl (C=O) groups is 3. The first-order valence-electron chi connectivity index (χ1n) is 18.9. The van der Waals surface area contributed by atoms with E-state index in [2.05, 4.69) is 83.1 Å². The lowest BCUT2D eigenvalue weighted by Gasteiger charge is -2.32. The van der Waals surface area contributed by atoms with Gasteiger partial charge in [-0.25, -0.2) is 4.79 Å².